The van der Waals surface area contributed by atoms with Gasteiger partial charge in [-0.05, 0) is 77.5 Å². The highest BCUT2D eigenvalue weighted by Crippen LogP contribution is 2.42. The molecule has 3 heteroatoms. The van der Waals surface area contributed by atoms with Gasteiger partial charge >= 0.3 is 0 Å². The molecule has 0 unspecified atom stereocenters. The minimum absolute atomic E-state index is 1.16. The summed E-state index contributed by atoms with van der Waals surface area (Å²) in [5, 5.41) is 7.85. The first-order valence-electron chi connectivity index (χ1n) is 12.4. The minimum atomic E-state index is 1.16. The van der Waals surface area contributed by atoms with E-state index < -0.39 is 0 Å². The molecule has 0 spiro atoms. The molecule has 37 heavy (non-hydrogen) atoms. The first-order chi connectivity index (χ1) is 18.3. The van der Waals surface area contributed by atoms with Crippen molar-refractivity contribution in [2.45, 2.75) is 0 Å². The van der Waals surface area contributed by atoms with Crippen molar-refractivity contribution in [2.75, 3.05) is 4.90 Å². The number of hydrogen-bond donors (Lipinski definition) is 0. The third-order valence-electron chi connectivity index (χ3n) is 7.21. The van der Waals surface area contributed by atoms with Crippen molar-refractivity contribution >= 4 is 90.9 Å². The van der Waals surface area contributed by atoms with Gasteiger partial charge in [-0.2, -0.15) is 0 Å². The molecule has 0 aliphatic carbocycles. The lowest BCUT2D eigenvalue weighted by molar-refractivity contribution is 1.30. The number of rotatable bonds is 3. The highest BCUT2D eigenvalue weighted by Gasteiger charge is 2.15. The molecule has 6 aromatic carbocycles. The van der Waals surface area contributed by atoms with Gasteiger partial charge in [-0.1, -0.05) is 60.7 Å². The van der Waals surface area contributed by atoms with Gasteiger partial charge in [0.1, 0.15) is 0 Å². The van der Waals surface area contributed by atoms with Gasteiger partial charge in [0.25, 0.3) is 0 Å². The molecule has 1 nitrogen and oxygen atoms in total. The molecular weight excluding hydrogens is 487 g/mol. The number of hydrogen-bond acceptors (Lipinski definition) is 3. The van der Waals surface area contributed by atoms with E-state index in [0.29, 0.717) is 0 Å². The average molecular weight is 508 g/mol. The Morgan fingerprint density at radius 2 is 0.946 bits per heavy atom. The van der Waals surface area contributed by atoms with Crippen LogP contribution in [0.1, 0.15) is 0 Å². The molecule has 0 saturated heterocycles. The second-order valence-electron chi connectivity index (χ2n) is 9.43. The van der Waals surface area contributed by atoms with Crippen LogP contribution in [0.2, 0.25) is 0 Å². The SMILES string of the molecule is c1ccc(N(c2ccc3cc4c(cc3c2)sc2ccccc24)c2ccc3sc4ccccc4c3c2)cc1. The fraction of sp³-hybridized carbons (Fsp3) is 0. The zero-order valence-electron chi connectivity index (χ0n) is 19.9. The van der Waals surface area contributed by atoms with Crippen LogP contribution < -0.4 is 4.90 Å². The van der Waals surface area contributed by atoms with Gasteiger partial charge in [-0.3, -0.25) is 0 Å². The molecule has 0 aliphatic heterocycles. The van der Waals surface area contributed by atoms with E-state index in [1.54, 1.807) is 0 Å². The summed E-state index contributed by atoms with van der Waals surface area (Å²) in [5.74, 6) is 0. The maximum atomic E-state index is 2.38. The van der Waals surface area contributed by atoms with E-state index in [0.717, 1.165) is 11.4 Å². The van der Waals surface area contributed by atoms with Gasteiger partial charge < -0.3 is 4.90 Å². The summed E-state index contributed by atoms with van der Waals surface area (Å²) >= 11 is 3.74. The van der Waals surface area contributed by atoms with Crippen LogP contribution in [0, 0.1) is 0 Å². The van der Waals surface area contributed by atoms with Crippen LogP contribution in [0.5, 0.6) is 0 Å². The smallest absolute Gasteiger partial charge is 0.0468 e. The molecule has 0 amide bonds. The average Bonchev–Trinajstić information content (AvgIpc) is 3.50. The Morgan fingerprint density at radius 1 is 0.351 bits per heavy atom. The van der Waals surface area contributed by atoms with E-state index in [-0.39, 0.29) is 0 Å². The monoisotopic (exact) mass is 507 g/mol. The third-order valence-corrected chi connectivity index (χ3v) is 9.50. The number of nitrogens with zero attached hydrogens (tertiary/aromatic N) is 1. The molecule has 0 N–H and O–H groups in total. The largest absolute Gasteiger partial charge is 0.310 e. The van der Waals surface area contributed by atoms with Crippen LogP contribution in [0.3, 0.4) is 0 Å². The lowest BCUT2D eigenvalue weighted by Crippen LogP contribution is -2.09. The van der Waals surface area contributed by atoms with Crippen molar-refractivity contribution < 1.29 is 0 Å². The first-order valence-corrected chi connectivity index (χ1v) is 14.1. The number of fused-ring (bicyclic) bond motifs is 7. The van der Waals surface area contributed by atoms with Crippen molar-refractivity contribution in [3.8, 4) is 0 Å². The van der Waals surface area contributed by atoms with Gasteiger partial charge in [0.05, 0.1) is 0 Å². The van der Waals surface area contributed by atoms with Crippen molar-refractivity contribution in [3.05, 3.63) is 127 Å². The first kappa shape index (κ1) is 21.0. The fourth-order valence-electron chi connectivity index (χ4n) is 5.47. The normalized spacial score (nSPS) is 11.8. The van der Waals surface area contributed by atoms with Crippen LogP contribution in [-0.2, 0) is 0 Å². The summed E-state index contributed by atoms with van der Waals surface area (Å²) in [6.07, 6.45) is 0. The van der Waals surface area contributed by atoms with Crippen molar-refractivity contribution in [3.63, 3.8) is 0 Å². The van der Waals surface area contributed by atoms with Gasteiger partial charge in [0, 0.05) is 57.4 Å². The quantitative estimate of drug-likeness (QED) is 0.230. The molecule has 2 aromatic heterocycles. The maximum absolute atomic E-state index is 2.38. The predicted octanol–water partition coefficient (Wildman–Crippen LogP) is 11.0. The van der Waals surface area contributed by atoms with Gasteiger partial charge in [0.2, 0.25) is 0 Å². The van der Waals surface area contributed by atoms with E-state index >= 15 is 0 Å². The molecule has 0 fully saturated rings. The summed E-state index contributed by atoms with van der Waals surface area (Å²) in [6.45, 7) is 0. The summed E-state index contributed by atoms with van der Waals surface area (Å²) in [5.41, 5.74) is 3.49. The van der Waals surface area contributed by atoms with Gasteiger partial charge in [-0.15, -0.1) is 22.7 Å². The summed E-state index contributed by atoms with van der Waals surface area (Å²) in [6, 6.07) is 46.5. The van der Waals surface area contributed by atoms with Crippen LogP contribution in [-0.4, -0.2) is 0 Å². The minimum Gasteiger partial charge on any atom is -0.310 e. The summed E-state index contributed by atoms with van der Waals surface area (Å²) in [4.78, 5) is 2.38. The number of anilines is 3. The van der Waals surface area contributed by atoms with Crippen LogP contribution in [0.15, 0.2) is 127 Å². The fourth-order valence-corrected chi connectivity index (χ4v) is 7.69. The highest BCUT2D eigenvalue weighted by molar-refractivity contribution is 7.26. The van der Waals surface area contributed by atoms with E-state index in [1.165, 1.54) is 56.8 Å². The van der Waals surface area contributed by atoms with E-state index in [9.17, 15) is 0 Å². The Bertz CT molecular complexity index is 2100. The number of thiophene rings is 2. The standard InChI is InChI=1S/C34H21NS2/c1-2-8-24(9-3-1)35(26-16-17-33-30(21-26)28-11-5-6-12-31(28)36-33)25-15-14-22-19-29-27-10-4-7-13-32(27)37-34(29)20-23(22)18-25/h1-21H. The molecule has 2 heterocycles. The Morgan fingerprint density at radius 3 is 1.73 bits per heavy atom. The molecule has 0 radical (unpaired) electrons. The summed E-state index contributed by atoms with van der Waals surface area (Å²) in [7, 11) is 0. The maximum Gasteiger partial charge on any atom is 0.0468 e. The molecule has 0 saturated carbocycles. The topological polar surface area (TPSA) is 3.24 Å². The Kier molecular flexibility index (Phi) is 4.63. The van der Waals surface area contributed by atoms with Crippen LogP contribution in [0.25, 0.3) is 51.1 Å². The number of para-hydroxylation sites is 1. The van der Waals surface area contributed by atoms with Crippen molar-refractivity contribution in [1.29, 1.82) is 0 Å². The van der Waals surface area contributed by atoms with E-state index in [2.05, 4.69) is 132 Å². The summed E-state index contributed by atoms with van der Waals surface area (Å²) < 4.78 is 5.33. The lowest BCUT2D eigenvalue weighted by atomic mass is 10.0. The zero-order valence-corrected chi connectivity index (χ0v) is 21.5. The second-order valence-corrected chi connectivity index (χ2v) is 11.6. The predicted molar refractivity (Wildman–Crippen MR) is 164 cm³/mol. The Labute approximate surface area is 222 Å². The molecule has 0 atom stereocenters. The highest BCUT2D eigenvalue weighted by atomic mass is 32.1. The zero-order chi connectivity index (χ0) is 24.3. The molecule has 174 valence electrons. The third kappa shape index (κ3) is 3.36. The second kappa shape index (κ2) is 8.17. The molecular formula is C34H21NS2. The van der Waals surface area contributed by atoms with Crippen molar-refractivity contribution in [2.24, 2.45) is 0 Å². The molecule has 0 aliphatic rings. The van der Waals surface area contributed by atoms with Gasteiger partial charge in [-0.25, -0.2) is 0 Å². The van der Waals surface area contributed by atoms with E-state index in [1.807, 2.05) is 22.7 Å². The van der Waals surface area contributed by atoms with Gasteiger partial charge in [0.15, 0.2) is 0 Å². The van der Waals surface area contributed by atoms with Crippen LogP contribution in [0.4, 0.5) is 17.1 Å². The molecule has 8 rings (SSSR count). The Hall–Kier alpha value is -4.18. The van der Waals surface area contributed by atoms with Crippen LogP contribution >= 0.6 is 22.7 Å². The number of benzene rings is 6. The molecule has 8 aromatic rings. The lowest BCUT2D eigenvalue weighted by Gasteiger charge is -2.26. The Balaban J connectivity index is 1.34. The van der Waals surface area contributed by atoms with Crippen molar-refractivity contribution in [1.82, 2.24) is 0 Å². The molecule has 0 bridgehead atoms. The van der Waals surface area contributed by atoms with E-state index in [4.69, 9.17) is 0 Å².